The molecule has 0 saturated heterocycles. The molecule has 0 spiro atoms. The Kier molecular flexibility index (Phi) is 9.60. The number of para-hydroxylation sites is 1. The van der Waals surface area contributed by atoms with Crippen LogP contribution in [0.4, 0.5) is 0 Å². The number of rotatable bonds is 3. The van der Waals surface area contributed by atoms with E-state index in [0.717, 1.165) is 24.0 Å². The first kappa shape index (κ1) is 28.9. The van der Waals surface area contributed by atoms with Crippen LogP contribution in [-0.4, -0.2) is 66.6 Å². The highest BCUT2D eigenvalue weighted by atomic mass is 16.5. The number of ether oxygens (including phenoxy) is 1. The molecule has 1 unspecified atom stereocenters. The Labute approximate surface area is 235 Å². The van der Waals surface area contributed by atoms with Crippen LogP contribution in [-0.2, 0) is 14.4 Å². The standard InChI is InChI=1S/C31H38N4O5/c1-20(22-10-5-4-6-11-22)26-29(37)33-17-9-13-23-12-7-8-14-25(23)40-19-18-32-27(24-15-16-24)31(39)35(3)28(21(2)36)30(38)34-26/h4-14,20,24,26-27,32,36H,15-19H2,1-3H3,(H,33,37)(H,34,38)/b13-9+,28-21+/t20?,26-,27+/m1/s1. The maximum absolute atomic E-state index is 13.6. The smallest absolute Gasteiger partial charge is 0.272 e. The van der Waals surface area contributed by atoms with Crippen LogP contribution in [0.15, 0.2) is 72.1 Å². The van der Waals surface area contributed by atoms with Gasteiger partial charge in [0.15, 0.2) is 0 Å². The van der Waals surface area contributed by atoms with E-state index >= 15 is 0 Å². The summed E-state index contributed by atoms with van der Waals surface area (Å²) in [5, 5.41) is 19.5. The molecule has 2 aliphatic rings. The number of nitrogens with one attached hydrogen (secondary N) is 3. The van der Waals surface area contributed by atoms with E-state index in [1.165, 1.54) is 18.9 Å². The monoisotopic (exact) mass is 546 g/mol. The normalized spacial score (nSPS) is 24.4. The first-order valence-electron chi connectivity index (χ1n) is 13.7. The van der Waals surface area contributed by atoms with E-state index < -0.39 is 23.9 Å². The van der Waals surface area contributed by atoms with E-state index in [1.807, 2.05) is 73.7 Å². The van der Waals surface area contributed by atoms with Crippen LogP contribution >= 0.6 is 0 Å². The summed E-state index contributed by atoms with van der Waals surface area (Å²) in [7, 11) is 1.47. The van der Waals surface area contributed by atoms with Gasteiger partial charge >= 0.3 is 0 Å². The number of carbonyl (C=O) groups is 3. The number of fused-ring (bicyclic) bond motifs is 1. The number of allylic oxidation sites excluding steroid dienone is 1. The summed E-state index contributed by atoms with van der Waals surface area (Å²) in [6.07, 6.45) is 5.49. The molecule has 3 atom stereocenters. The van der Waals surface area contributed by atoms with Gasteiger partial charge in [-0.1, -0.05) is 67.6 Å². The van der Waals surface area contributed by atoms with Gasteiger partial charge in [-0.2, -0.15) is 0 Å². The Morgan fingerprint density at radius 1 is 1.05 bits per heavy atom. The van der Waals surface area contributed by atoms with Gasteiger partial charge in [-0.25, -0.2) is 0 Å². The van der Waals surface area contributed by atoms with E-state index in [2.05, 4.69) is 16.0 Å². The molecule has 0 aromatic heterocycles. The topological polar surface area (TPSA) is 120 Å². The van der Waals surface area contributed by atoms with Crippen molar-refractivity contribution in [2.75, 3.05) is 26.7 Å². The zero-order valence-electron chi connectivity index (χ0n) is 23.2. The molecule has 0 bridgehead atoms. The van der Waals surface area contributed by atoms with Crippen LogP contribution in [0.2, 0.25) is 0 Å². The number of aliphatic hydroxyl groups excluding tert-OH is 1. The van der Waals surface area contributed by atoms with Gasteiger partial charge in [-0.3, -0.25) is 14.4 Å². The number of aliphatic hydroxyl groups is 1. The van der Waals surface area contributed by atoms with Crippen molar-refractivity contribution in [3.63, 3.8) is 0 Å². The molecule has 9 nitrogen and oxygen atoms in total. The summed E-state index contributed by atoms with van der Waals surface area (Å²) in [6.45, 7) is 4.20. The lowest BCUT2D eigenvalue weighted by atomic mass is 9.92. The van der Waals surface area contributed by atoms with Crippen molar-refractivity contribution < 1.29 is 24.2 Å². The van der Waals surface area contributed by atoms with Crippen LogP contribution in [0.1, 0.15) is 43.7 Å². The highest BCUT2D eigenvalue weighted by molar-refractivity contribution is 6.01. The highest BCUT2D eigenvalue weighted by Crippen LogP contribution is 2.34. The molecule has 1 fully saturated rings. The van der Waals surface area contributed by atoms with Gasteiger partial charge in [-0.15, -0.1) is 0 Å². The van der Waals surface area contributed by atoms with E-state index in [0.29, 0.717) is 18.9 Å². The van der Waals surface area contributed by atoms with Gasteiger partial charge in [0.25, 0.3) is 5.91 Å². The third-order valence-electron chi connectivity index (χ3n) is 7.31. The molecule has 1 aliphatic heterocycles. The number of carbonyl (C=O) groups excluding carboxylic acids is 3. The summed E-state index contributed by atoms with van der Waals surface area (Å²) in [5.41, 5.74) is 1.53. The molecule has 9 heteroatoms. The van der Waals surface area contributed by atoms with E-state index in [4.69, 9.17) is 4.74 Å². The number of amides is 3. The first-order valence-corrected chi connectivity index (χ1v) is 13.7. The van der Waals surface area contributed by atoms with Gasteiger partial charge < -0.3 is 30.7 Å². The number of hydrogen-bond donors (Lipinski definition) is 4. The van der Waals surface area contributed by atoms with E-state index in [1.54, 1.807) is 0 Å². The number of hydrogen-bond acceptors (Lipinski definition) is 6. The van der Waals surface area contributed by atoms with Crippen LogP contribution in [0, 0.1) is 5.92 Å². The largest absolute Gasteiger partial charge is 0.510 e. The van der Waals surface area contributed by atoms with Crippen molar-refractivity contribution in [3.05, 3.63) is 83.3 Å². The number of nitrogens with zero attached hydrogens (tertiary/aromatic N) is 1. The second-order valence-electron chi connectivity index (χ2n) is 10.3. The Hall–Kier alpha value is -4.11. The Balaban J connectivity index is 1.67. The Morgan fingerprint density at radius 2 is 1.75 bits per heavy atom. The van der Waals surface area contributed by atoms with Gasteiger partial charge in [0.05, 0.1) is 6.04 Å². The fourth-order valence-corrected chi connectivity index (χ4v) is 4.92. The van der Waals surface area contributed by atoms with Crippen molar-refractivity contribution in [2.24, 2.45) is 5.92 Å². The third-order valence-corrected chi connectivity index (χ3v) is 7.31. The minimum absolute atomic E-state index is 0.135. The average Bonchev–Trinajstić information content (AvgIpc) is 3.79. The molecule has 3 amide bonds. The summed E-state index contributed by atoms with van der Waals surface area (Å²) in [4.78, 5) is 41.8. The van der Waals surface area contributed by atoms with E-state index in [9.17, 15) is 19.5 Å². The lowest BCUT2D eigenvalue weighted by Gasteiger charge is -2.29. The second kappa shape index (κ2) is 13.3. The molecule has 1 heterocycles. The van der Waals surface area contributed by atoms with Crippen LogP contribution in [0.25, 0.3) is 6.08 Å². The van der Waals surface area contributed by atoms with Crippen molar-refractivity contribution in [2.45, 2.75) is 44.7 Å². The van der Waals surface area contributed by atoms with E-state index in [-0.39, 0.29) is 35.7 Å². The van der Waals surface area contributed by atoms with Crippen LogP contribution < -0.4 is 20.7 Å². The van der Waals surface area contributed by atoms with Crippen LogP contribution in [0.5, 0.6) is 5.75 Å². The maximum atomic E-state index is 13.6. The minimum atomic E-state index is -0.965. The SMILES string of the molecule is C/C(O)=C1/C(=O)N[C@H](C(C)c2ccccc2)C(=O)NC/C=C/c2ccccc2OCCN[C@@H](C2CC2)C(=O)N1C. The minimum Gasteiger partial charge on any atom is -0.510 e. The van der Waals surface area contributed by atoms with Gasteiger partial charge in [0, 0.05) is 31.6 Å². The predicted molar refractivity (Wildman–Crippen MR) is 153 cm³/mol. The molecule has 1 saturated carbocycles. The lowest BCUT2D eigenvalue weighted by Crippen LogP contribution is -2.53. The fraction of sp³-hybridized carbons (Fsp3) is 0.387. The average molecular weight is 547 g/mol. The summed E-state index contributed by atoms with van der Waals surface area (Å²) in [6, 6.07) is 15.5. The zero-order chi connectivity index (χ0) is 28.6. The van der Waals surface area contributed by atoms with Crippen molar-refractivity contribution >= 4 is 23.8 Å². The Morgan fingerprint density at radius 3 is 2.45 bits per heavy atom. The Bertz CT molecular complexity index is 1270. The van der Waals surface area contributed by atoms with Gasteiger partial charge in [0.2, 0.25) is 11.8 Å². The molecule has 0 radical (unpaired) electrons. The van der Waals surface area contributed by atoms with Crippen molar-refractivity contribution in [3.8, 4) is 5.75 Å². The number of benzene rings is 2. The third kappa shape index (κ3) is 7.09. The number of likely N-dealkylation sites (N-methyl/N-ethyl adjacent to an activating group) is 1. The quantitative estimate of drug-likeness (QED) is 0.347. The second-order valence-corrected chi connectivity index (χ2v) is 10.3. The molecular formula is C31H38N4O5. The molecule has 212 valence electrons. The molecular weight excluding hydrogens is 508 g/mol. The fourth-order valence-electron chi connectivity index (χ4n) is 4.92. The predicted octanol–water partition coefficient (Wildman–Crippen LogP) is 3.11. The molecule has 40 heavy (non-hydrogen) atoms. The molecule has 4 N–H and O–H groups in total. The van der Waals surface area contributed by atoms with Crippen molar-refractivity contribution in [1.29, 1.82) is 0 Å². The maximum Gasteiger partial charge on any atom is 0.272 e. The molecule has 4 rings (SSSR count). The summed E-state index contributed by atoms with van der Waals surface area (Å²) < 4.78 is 6.00. The summed E-state index contributed by atoms with van der Waals surface area (Å²) in [5.74, 6) is -1.30. The lowest BCUT2D eigenvalue weighted by molar-refractivity contribution is -0.134. The summed E-state index contributed by atoms with van der Waals surface area (Å²) >= 11 is 0. The van der Waals surface area contributed by atoms with Crippen LogP contribution in [0.3, 0.4) is 0 Å². The highest BCUT2D eigenvalue weighted by Gasteiger charge is 2.40. The first-order chi connectivity index (χ1) is 19.3. The molecule has 2 aromatic carbocycles. The zero-order valence-corrected chi connectivity index (χ0v) is 23.2. The molecule has 1 aliphatic carbocycles. The molecule has 2 aromatic rings. The van der Waals surface area contributed by atoms with Gasteiger partial charge in [0.1, 0.15) is 29.9 Å². The van der Waals surface area contributed by atoms with Crippen molar-refractivity contribution in [1.82, 2.24) is 20.9 Å². The van der Waals surface area contributed by atoms with Gasteiger partial charge in [-0.05, 0) is 37.3 Å².